The highest BCUT2D eigenvalue weighted by Gasteiger charge is 2.48. The van der Waals surface area contributed by atoms with Crippen LogP contribution in [0.1, 0.15) is 6.42 Å². The van der Waals surface area contributed by atoms with E-state index in [0.717, 1.165) is 12.1 Å². The first kappa shape index (κ1) is 17.3. The number of benzene rings is 2. The van der Waals surface area contributed by atoms with Crippen LogP contribution in [0.5, 0.6) is 11.5 Å². The van der Waals surface area contributed by atoms with Gasteiger partial charge in [0.1, 0.15) is 24.8 Å². The highest BCUT2D eigenvalue weighted by molar-refractivity contribution is 6.03. The summed E-state index contributed by atoms with van der Waals surface area (Å²) in [5, 5.41) is 5.14. The first-order valence-corrected chi connectivity index (χ1v) is 8.48. The molecule has 8 heteroatoms. The van der Waals surface area contributed by atoms with Crippen LogP contribution in [-0.4, -0.2) is 25.0 Å². The number of carbonyl (C=O) groups excluding carboxylic acids is 2. The Morgan fingerprint density at radius 1 is 0.889 bits per heavy atom. The Bertz CT molecular complexity index is 919. The van der Waals surface area contributed by atoms with Crippen LogP contribution in [-0.2, 0) is 9.59 Å². The zero-order valence-corrected chi connectivity index (χ0v) is 14.1. The molecular formula is C19H16F2N2O4. The van der Waals surface area contributed by atoms with Crippen molar-refractivity contribution in [3.63, 3.8) is 0 Å². The van der Waals surface area contributed by atoms with Crippen molar-refractivity contribution in [2.45, 2.75) is 6.42 Å². The molecule has 4 rings (SSSR count). The molecule has 0 aromatic heterocycles. The van der Waals surface area contributed by atoms with Gasteiger partial charge in [-0.2, -0.15) is 0 Å². The highest BCUT2D eigenvalue weighted by Crippen LogP contribution is 2.41. The fourth-order valence-corrected chi connectivity index (χ4v) is 2.95. The second kappa shape index (κ2) is 6.86. The maximum atomic E-state index is 13.6. The van der Waals surface area contributed by atoms with Crippen LogP contribution in [0.2, 0.25) is 0 Å². The molecule has 2 amide bonds. The zero-order chi connectivity index (χ0) is 19.0. The molecule has 0 radical (unpaired) electrons. The van der Waals surface area contributed by atoms with Gasteiger partial charge in [0.2, 0.25) is 11.8 Å². The van der Waals surface area contributed by atoms with E-state index in [1.165, 1.54) is 0 Å². The Morgan fingerprint density at radius 2 is 1.59 bits per heavy atom. The summed E-state index contributed by atoms with van der Waals surface area (Å²) in [6.45, 7) is 0.918. The fourth-order valence-electron chi connectivity index (χ4n) is 2.95. The van der Waals surface area contributed by atoms with Gasteiger partial charge in [-0.25, -0.2) is 8.78 Å². The molecule has 1 aliphatic carbocycles. The normalized spacial score (nSPS) is 19.9. The number of amides is 2. The molecule has 140 valence electrons. The van der Waals surface area contributed by atoms with Gasteiger partial charge in [-0.15, -0.1) is 0 Å². The minimum atomic E-state index is -0.860. The zero-order valence-electron chi connectivity index (χ0n) is 14.1. The minimum Gasteiger partial charge on any atom is -0.486 e. The third kappa shape index (κ3) is 3.69. The van der Waals surface area contributed by atoms with Crippen LogP contribution < -0.4 is 20.1 Å². The Morgan fingerprint density at radius 3 is 2.33 bits per heavy atom. The van der Waals surface area contributed by atoms with E-state index in [0.29, 0.717) is 42.9 Å². The lowest BCUT2D eigenvalue weighted by atomic mass is 10.2. The van der Waals surface area contributed by atoms with Crippen molar-refractivity contribution < 1.29 is 27.8 Å². The van der Waals surface area contributed by atoms with Crippen molar-refractivity contribution in [3.8, 4) is 11.5 Å². The molecule has 0 saturated heterocycles. The molecule has 6 nitrogen and oxygen atoms in total. The number of fused-ring (bicyclic) bond motifs is 1. The average Bonchev–Trinajstić information content (AvgIpc) is 3.45. The minimum absolute atomic E-state index is 0.112. The third-order valence-electron chi connectivity index (χ3n) is 4.46. The number of nitrogens with one attached hydrogen (secondary N) is 2. The largest absolute Gasteiger partial charge is 0.486 e. The van der Waals surface area contributed by atoms with Crippen molar-refractivity contribution >= 4 is 23.2 Å². The summed E-state index contributed by atoms with van der Waals surface area (Å²) in [6, 6.07) is 7.95. The summed E-state index contributed by atoms with van der Waals surface area (Å²) in [6.07, 6.45) is 0.366. The lowest BCUT2D eigenvalue weighted by molar-refractivity contribution is -0.122. The molecule has 2 atom stereocenters. The van der Waals surface area contributed by atoms with Gasteiger partial charge in [-0.1, -0.05) is 0 Å². The first-order valence-electron chi connectivity index (χ1n) is 8.48. The lowest BCUT2D eigenvalue weighted by Gasteiger charge is -2.19. The van der Waals surface area contributed by atoms with Gasteiger partial charge in [0, 0.05) is 17.8 Å². The molecule has 0 bridgehead atoms. The molecule has 1 fully saturated rings. The molecule has 2 aliphatic rings. The van der Waals surface area contributed by atoms with Gasteiger partial charge in [0.05, 0.1) is 17.5 Å². The Kier molecular flexibility index (Phi) is 4.39. The number of halogens is 2. The van der Waals surface area contributed by atoms with Crippen molar-refractivity contribution in [1.82, 2.24) is 0 Å². The summed E-state index contributed by atoms with van der Waals surface area (Å²) >= 11 is 0. The summed E-state index contributed by atoms with van der Waals surface area (Å²) in [5.74, 6) is -2.24. The monoisotopic (exact) mass is 374 g/mol. The van der Waals surface area contributed by atoms with Gasteiger partial charge >= 0.3 is 0 Å². The van der Waals surface area contributed by atoms with E-state index >= 15 is 0 Å². The molecule has 1 aliphatic heterocycles. The predicted molar refractivity (Wildman–Crippen MR) is 92.6 cm³/mol. The van der Waals surface area contributed by atoms with Gasteiger partial charge < -0.3 is 20.1 Å². The number of ether oxygens (including phenoxy) is 2. The highest BCUT2D eigenvalue weighted by atomic mass is 19.1. The molecule has 0 spiro atoms. The smallest absolute Gasteiger partial charge is 0.228 e. The lowest BCUT2D eigenvalue weighted by Crippen LogP contribution is -2.21. The van der Waals surface area contributed by atoms with Gasteiger partial charge in [0.15, 0.2) is 11.5 Å². The van der Waals surface area contributed by atoms with Crippen LogP contribution in [0.25, 0.3) is 0 Å². The molecule has 2 N–H and O–H groups in total. The van der Waals surface area contributed by atoms with Gasteiger partial charge in [0.25, 0.3) is 0 Å². The molecular weight excluding hydrogens is 358 g/mol. The second-order valence-corrected chi connectivity index (χ2v) is 6.41. The van der Waals surface area contributed by atoms with Crippen LogP contribution in [0, 0.1) is 23.5 Å². The standard InChI is InChI=1S/C19H16F2N2O4/c20-10-1-3-15(14(21)7-10)23-19(25)13-9-12(13)18(24)22-11-2-4-16-17(8-11)27-6-5-26-16/h1-4,7-8,12-13H,5-6,9H2,(H,22,24)(H,23,25). The van der Waals surface area contributed by atoms with E-state index in [1.54, 1.807) is 18.2 Å². The second-order valence-electron chi connectivity index (χ2n) is 6.41. The van der Waals surface area contributed by atoms with Crippen molar-refractivity contribution in [1.29, 1.82) is 0 Å². The SMILES string of the molecule is O=C(Nc1ccc2c(c1)OCCO2)C1CC1C(=O)Nc1ccc(F)cc1F. The molecule has 1 saturated carbocycles. The number of carbonyl (C=O) groups is 2. The average molecular weight is 374 g/mol. The number of anilines is 2. The van der Waals surface area contributed by atoms with Crippen LogP contribution >= 0.6 is 0 Å². The maximum Gasteiger partial charge on any atom is 0.228 e. The van der Waals surface area contributed by atoms with Gasteiger partial charge in [-0.3, -0.25) is 9.59 Å². The third-order valence-corrected chi connectivity index (χ3v) is 4.46. The summed E-state index contributed by atoms with van der Waals surface area (Å²) in [7, 11) is 0. The Hall–Kier alpha value is -3.16. The fraction of sp³-hybridized carbons (Fsp3) is 0.263. The van der Waals surface area contributed by atoms with E-state index in [2.05, 4.69) is 10.6 Å². The van der Waals surface area contributed by atoms with E-state index in [1.807, 2.05) is 0 Å². The van der Waals surface area contributed by atoms with Crippen molar-refractivity contribution in [3.05, 3.63) is 48.0 Å². The maximum absolute atomic E-state index is 13.6. The quantitative estimate of drug-likeness (QED) is 0.863. The molecule has 2 unspecified atom stereocenters. The topological polar surface area (TPSA) is 76.7 Å². The number of hydrogen-bond donors (Lipinski definition) is 2. The summed E-state index contributed by atoms with van der Waals surface area (Å²) in [5.41, 5.74) is 0.430. The van der Waals surface area contributed by atoms with E-state index in [-0.39, 0.29) is 11.6 Å². The van der Waals surface area contributed by atoms with Crippen LogP contribution in [0.15, 0.2) is 36.4 Å². The molecule has 1 heterocycles. The van der Waals surface area contributed by atoms with Crippen LogP contribution in [0.3, 0.4) is 0 Å². The number of hydrogen-bond acceptors (Lipinski definition) is 4. The predicted octanol–water partition coefficient (Wildman–Crippen LogP) is 2.95. The van der Waals surface area contributed by atoms with Crippen molar-refractivity contribution in [2.24, 2.45) is 11.8 Å². The van der Waals surface area contributed by atoms with E-state index < -0.39 is 29.4 Å². The Labute approximate surface area is 153 Å². The first-order chi connectivity index (χ1) is 13.0. The summed E-state index contributed by atoms with van der Waals surface area (Å²) < 4.78 is 37.4. The van der Waals surface area contributed by atoms with E-state index in [4.69, 9.17) is 9.47 Å². The van der Waals surface area contributed by atoms with Crippen LogP contribution in [0.4, 0.5) is 20.2 Å². The number of rotatable bonds is 4. The van der Waals surface area contributed by atoms with Gasteiger partial charge in [-0.05, 0) is 30.7 Å². The summed E-state index contributed by atoms with van der Waals surface area (Å²) in [4.78, 5) is 24.5. The molecule has 27 heavy (non-hydrogen) atoms. The molecule has 2 aromatic rings. The Balaban J connectivity index is 1.35. The van der Waals surface area contributed by atoms with E-state index in [9.17, 15) is 18.4 Å². The molecule has 2 aromatic carbocycles. The van der Waals surface area contributed by atoms with Crippen molar-refractivity contribution in [2.75, 3.05) is 23.8 Å².